The van der Waals surface area contributed by atoms with Gasteiger partial charge in [-0.05, 0) is 17.7 Å². The number of nitrogens with zero attached hydrogens (tertiary/aromatic N) is 3. The van der Waals surface area contributed by atoms with Gasteiger partial charge < -0.3 is 13.6 Å². The molecule has 4 rings (SSSR count). The predicted molar refractivity (Wildman–Crippen MR) is 103 cm³/mol. The third kappa shape index (κ3) is 3.86. The molecule has 1 aromatic carbocycles. The summed E-state index contributed by atoms with van der Waals surface area (Å²) in [4.78, 5) is 17.4. The van der Waals surface area contributed by atoms with Crippen LogP contribution in [0.1, 0.15) is 11.1 Å². The molecule has 6 nitrogen and oxygen atoms in total. The lowest BCUT2D eigenvalue weighted by atomic mass is 10.1. The van der Waals surface area contributed by atoms with E-state index >= 15 is 0 Å². The van der Waals surface area contributed by atoms with Gasteiger partial charge in [0.25, 0.3) is 0 Å². The van der Waals surface area contributed by atoms with Crippen LogP contribution in [0.2, 0.25) is 0 Å². The molecule has 0 unspecified atom stereocenters. The smallest absolute Gasteiger partial charge is 0.420 e. The number of benzene rings is 1. The Morgan fingerprint density at radius 3 is 2.60 bits per heavy atom. The first kappa shape index (κ1) is 19.6. The lowest BCUT2D eigenvalue weighted by Gasteiger charge is -2.14. The minimum absolute atomic E-state index is 0.0305. The Bertz CT molecular complexity index is 1170. The van der Waals surface area contributed by atoms with Crippen molar-refractivity contribution in [3.05, 3.63) is 78.5 Å². The number of anilines is 1. The van der Waals surface area contributed by atoms with E-state index in [1.807, 2.05) is 18.2 Å². The summed E-state index contributed by atoms with van der Waals surface area (Å²) in [6, 6.07) is 11.6. The number of halogens is 3. The lowest BCUT2D eigenvalue weighted by Crippen LogP contribution is -2.27. The van der Waals surface area contributed by atoms with Gasteiger partial charge >= 0.3 is 12.3 Å². The normalized spacial score (nSPS) is 11.6. The Hall–Kier alpha value is -3.75. The van der Waals surface area contributed by atoms with Crippen molar-refractivity contribution in [2.75, 3.05) is 11.9 Å². The fourth-order valence-electron chi connectivity index (χ4n) is 2.95. The summed E-state index contributed by atoms with van der Waals surface area (Å²) < 4.78 is 52.3. The summed E-state index contributed by atoms with van der Waals surface area (Å²) in [7, 11) is 1.39. The van der Waals surface area contributed by atoms with E-state index in [4.69, 9.17) is 9.15 Å². The average Bonchev–Trinajstić information content (AvgIpc) is 3.40. The minimum atomic E-state index is -4.63. The number of carbonyl (C=O) groups excluding carboxylic acids is 1. The number of ether oxygens (including phenoxy) is 1. The summed E-state index contributed by atoms with van der Waals surface area (Å²) in [5.41, 5.74) is 0.361. The molecule has 0 saturated heterocycles. The number of amides is 1. The first-order chi connectivity index (χ1) is 14.3. The molecule has 1 amide bonds. The third-order valence-electron chi connectivity index (χ3n) is 4.52. The van der Waals surface area contributed by atoms with Gasteiger partial charge in [-0.15, -0.1) is 0 Å². The number of aromatic nitrogens is 2. The van der Waals surface area contributed by atoms with E-state index in [0.29, 0.717) is 11.1 Å². The Balaban J connectivity index is 1.65. The molecule has 3 aromatic heterocycles. The third-order valence-corrected chi connectivity index (χ3v) is 4.52. The highest BCUT2D eigenvalue weighted by molar-refractivity contribution is 5.86. The van der Waals surface area contributed by atoms with Crippen molar-refractivity contribution >= 4 is 17.6 Å². The standard InChI is InChI=1S/C21H16F3N3O3/c1-26(20(28)30-12-14-5-3-2-4-6-14)18-11-27-10-16(15-7-8-29-13-15)9-17(19(27)25-18)21(22,23)24/h2-11,13H,12H2,1H3. The molecule has 0 atom stereocenters. The van der Waals surface area contributed by atoms with Gasteiger partial charge in [-0.1, -0.05) is 30.3 Å². The first-order valence-electron chi connectivity index (χ1n) is 8.90. The molecule has 0 radical (unpaired) electrons. The first-order valence-corrected chi connectivity index (χ1v) is 8.90. The highest BCUT2D eigenvalue weighted by Crippen LogP contribution is 2.36. The molecule has 0 saturated carbocycles. The average molecular weight is 415 g/mol. The number of rotatable bonds is 4. The van der Waals surface area contributed by atoms with Crippen molar-refractivity contribution in [2.24, 2.45) is 0 Å². The number of pyridine rings is 1. The van der Waals surface area contributed by atoms with Gasteiger partial charge in [-0.25, -0.2) is 9.78 Å². The van der Waals surface area contributed by atoms with E-state index in [1.165, 1.54) is 36.4 Å². The second-order valence-electron chi connectivity index (χ2n) is 6.58. The van der Waals surface area contributed by atoms with Gasteiger partial charge in [0.1, 0.15) is 6.61 Å². The van der Waals surface area contributed by atoms with Crippen LogP contribution in [0.5, 0.6) is 0 Å². The molecule has 0 bridgehead atoms. The molecule has 0 N–H and O–H groups in total. The molecule has 0 fully saturated rings. The molecule has 4 aromatic rings. The summed E-state index contributed by atoms with van der Waals surface area (Å²) in [6.07, 6.45) is 0.212. The van der Waals surface area contributed by atoms with Crippen LogP contribution < -0.4 is 4.90 Å². The van der Waals surface area contributed by atoms with Crippen LogP contribution in [0.25, 0.3) is 16.8 Å². The largest absolute Gasteiger partial charge is 0.472 e. The highest BCUT2D eigenvalue weighted by atomic mass is 19.4. The number of fused-ring (bicyclic) bond motifs is 1. The molecule has 0 spiro atoms. The quantitative estimate of drug-likeness (QED) is 0.449. The molecule has 3 heterocycles. The van der Waals surface area contributed by atoms with Gasteiger partial charge in [-0.3, -0.25) is 4.90 Å². The van der Waals surface area contributed by atoms with Crippen molar-refractivity contribution in [3.63, 3.8) is 0 Å². The van der Waals surface area contributed by atoms with Crippen LogP contribution in [0.15, 0.2) is 71.8 Å². The fraction of sp³-hybridized carbons (Fsp3) is 0.143. The number of alkyl halides is 3. The predicted octanol–water partition coefficient (Wildman–Crippen LogP) is 5.39. The van der Waals surface area contributed by atoms with Gasteiger partial charge in [0.2, 0.25) is 0 Å². The molecule has 0 aliphatic carbocycles. The summed E-state index contributed by atoms with van der Waals surface area (Å²) >= 11 is 0. The van der Waals surface area contributed by atoms with Gasteiger partial charge in [0.15, 0.2) is 11.5 Å². The zero-order valence-electron chi connectivity index (χ0n) is 15.8. The van der Waals surface area contributed by atoms with E-state index in [0.717, 1.165) is 16.5 Å². The fourth-order valence-corrected chi connectivity index (χ4v) is 2.95. The zero-order valence-corrected chi connectivity index (χ0v) is 15.8. The van der Waals surface area contributed by atoms with Crippen molar-refractivity contribution in [3.8, 4) is 11.1 Å². The topological polar surface area (TPSA) is 60.0 Å². The van der Waals surface area contributed by atoms with Crippen LogP contribution in [0.4, 0.5) is 23.8 Å². The Morgan fingerprint density at radius 1 is 1.17 bits per heavy atom. The number of imidazole rings is 1. The van der Waals surface area contributed by atoms with Crippen molar-refractivity contribution in [1.29, 1.82) is 0 Å². The maximum absolute atomic E-state index is 13.6. The second kappa shape index (κ2) is 7.58. The maximum atomic E-state index is 13.6. The minimum Gasteiger partial charge on any atom is -0.472 e. The Morgan fingerprint density at radius 2 is 1.93 bits per heavy atom. The SMILES string of the molecule is CN(C(=O)OCc1ccccc1)c1cn2cc(-c3ccoc3)cc(C(F)(F)F)c2n1. The van der Waals surface area contributed by atoms with Crippen LogP contribution in [0.3, 0.4) is 0 Å². The van der Waals surface area contributed by atoms with E-state index in [-0.39, 0.29) is 18.1 Å². The second-order valence-corrected chi connectivity index (χ2v) is 6.58. The van der Waals surface area contributed by atoms with Crippen LogP contribution in [-0.2, 0) is 17.5 Å². The molecule has 0 aliphatic heterocycles. The van der Waals surface area contributed by atoms with Gasteiger partial charge in [0, 0.05) is 24.4 Å². The van der Waals surface area contributed by atoms with Crippen molar-refractivity contribution < 1.29 is 27.1 Å². The van der Waals surface area contributed by atoms with Crippen LogP contribution >= 0.6 is 0 Å². The lowest BCUT2D eigenvalue weighted by molar-refractivity contribution is -0.136. The maximum Gasteiger partial charge on any atom is 0.420 e. The molecule has 30 heavy (non-hydrogen) atoms. The Kier molecular flexibility index (Phi) is 4.94. The molecular formula is C21H16F3N3O3. The number of hydrogen-bond acceptors (Lipinski definition) is 4. The van der Waals surface area contributed by atoms with E-state index < -0.39 is 17.8 Å². The molecular weight excluding hydrogens is 399 g/mol. The summed E-state index contributed by atoms with van der Waals surface area (Å²) in [6.45, 7) is 0.0375. The number of hydrogen-bond donors (Lipinski definition) is 0. The van der Waals surface area contributed by atoms with Crippen LogP contribution in [-0.4, -0.2) is 22.5 Å². The molecule has 0 aliphatic rings. The monoisotopic (exact) mass is 415 g/mol. The van der Waals surface area contributed by atoms with E-state index in [1.54, 1.807) is 18.2 Å². The van der Waals surface area contributed by atoms with E-state index in [9.17, 15) is 18.0 Å². The van der Waals surface area contributed by atoms with E-state index in [2.05, 4.69) is 4.98 Å². The number of carbonyl (C=O) groups is 1. The highest BCUT2D eigenvalue weighted by Gasteiger charge is 2.35. The molecule has 9 heteroatoms. The Labute approximate surface area is 169 Å². The zero-order chi connectivity index (χ0) is 21.3. The van der Waals surface area contributed by atoms with Crippen molar-refractivity contribution in [1.82, 2.24) is 9.38 Å². The van der Waals surface area contributed by atoms with Crippen LogP contribution in [0, 0.1) is 0 Å². The summed E-state index contributed by atoms with van der Waals surface area (Å²) in [5, 5.41) is 0. The summed E-state index contributed by atoms with van der Waals surface area (Å²) in [5.74, 6) is 0.0305. The number of furan rings is 1. The van der Waals surface area contributed by atoms with Gasteiger partial charge in [-0.2, -0.15) is 13.2 Å². The van der Waals surface area contributed by atoms with Crippen molar-refractivity contribution in [2.45, 2.75) is 12.8 Å². The van der Waals surface area contributed by atoms with Gasteiger partial charge in [0.05, 0.1) is 24.3 Å². The molecule has 154 valence electrons.